The molecular weight excluding hydrogens is 260 g/mol. The third-order valence-electron chi connectivity index (χ3n) is 1.86. The highest BCUT2D eigenvalue weighted by atomic mass is 79.9. The fourth-order valence-corrected chi connectivity index (χ4v) is 1.07. The number of methoxy groups -OCH3 is 1. The lowest BCUT2D eigenvalue weighted by Gasteiger charge is -2.21. The van der Waals surface area contributed by atoms with E-state index in [4.69, 9.17) is 14.2 Å². The van der Waals surface area contributed by atoms with E-state index >= 15 is 0 Å². The van der Waals surface area contributed by atoms with Gasteiger partial charge in [0.05, 0.1) is 19.8 Å². The van der Waals surface area contributed by atoms with E-state index in [1.54, 1.807) is 7.11 Å². The molecule has 0 aliphatic rings. The summed E-state index contributed by atoms with van der Waals surface area (Å²) in [5, 5.41) is 0.953. The molecule has 0 aromatic rings. The quantitative estimate of drug-likeness (QED) is 0.455. The van der Waals surface area contributed by atoms with Crippen LogP contribution in [0.5, 0.6) is 0 Å². The van der Waals surface area contributed by atoms with Crippen molar-refractivity contribution >= 4 is 15.9 Å². The second-order valence-electron chi connectivity index (χ2n) is 4.31. The van der Waals surface area contributed by atoms with Gasteiger partial charge in [-0.1, -0.05) is 29.8 Å². The maximum Gasteiger partial charge on any atom is 0.0700 e. The fourth-order valence-electron chi connectivity index (χ4n) is 0.912. The first-order valence-corrected chi connectivity index (χ1v) is 6.45. The van der Waals surface area contributed by atoms with Crippen LogP contribution in [0.4, 0.5) is 0 Å². The lowest BCUT2D eigenvalue weighted by atomic mass is 9.99. The topological polar surface area (TPSA) is 27.7 Å². The van der Waals surface area contributed by atoms with Gasteiger partial charge in [0.15, 0.2) is 0 Å². The van der Waals surface area contributed by atoms with Crippen molar-refractivity contribution in [3.8, 4) is 0 Å². The smallest absolute Gasteiger partial charge is 0.0700 e. The van der Waals surface area contributed by atoms with Crippen molar-refractivity contribution in [2.45, 2.75) is 20.3 Å². The molecule has 0 fully saturated rings. The van der Waals surface area contributed by atoms with Gasteiger partial charge in [0.25, 0.3) is 0 Å². The first kappa shape index (κ1) is 15.4. The van der Waals surface area contributed by atoms with Crippen LogP contribution in [0, 0.1) is 5.41 Å². The van der Waals surface area contributed by atoms with E-state index in [9.17, 15) is 0 Å². The summed E-state index contributed by atoms with van der Waals surface area (Å²) in [5.41, 5.74) is 0.204. The Kier molecular flexibility index (Phi) is 9.81. The van der Waals surface area contributed by atoms with Crippen LogP contribution in [0.25, 0.3) is 0 Å². The second kappa shape index (κ2) is 9.58. The monoisotopic (exact) mass is 282 g/mol. The Balaban J connectivity index is 3.11. The molecule has 3 nitrogen and oxygen atoms in total. The van der Waals surface area contributed by atoms with Crippen LogP contribution in [0.3, 0.4) is 0 Å². The highest BCUT2D eigenvalue weighted by molar-refractivity contribution is 9.09. The zero-order valence-electron chi connectivity index (χ0n) is 10.1. The molecule has 0 aromatic heterocycles. The van der Waals surface area contributed by atoms with Crippen molar-refractivity contribution in [2.24, 2.45) is 5.41 Å². The standard InChI is InChI=1S/C11H23BrO3/c1-11(2,9-12)10-15-8-7-14-6-4-5-13-3/h4-10H2,1-3H3. The van der Waals surface area contributed by atoms with Crippen molar-refractivity contribution in [3.05, 3.63) is 0 Å². The Hall–Kier alpha value is 0.360. The van der Waals surface area contributed by atoms with Gasteiger partial charge in [-0.15, -0.1) is 0 Å². The van der Waals surface area contributed by atoms with Crippen molar-refractivity contribution in [3.63, 3.8) is 0 Å². The van der Waals surface area contributed by atoms with E-state index in [0.717, 1.165) is 31.6 Å². The highest BCUT2D eigenvalue weighted by Gasteiger charge is 2.15. The minimum atomic E-state index is 0.204. The number of hydrogen-bond acceptors (Lipinski definition) is 3. The number of hydrogen-bond donors (Lipinski definition) is 0. The molecule has 0 aliphatic heterocycles. The predicted molar refractivity (Wildman–Crippen MR) is 65.7 cm³/mol. The summed E-state index contributed by atoms with van der Waals surface area (Å²) in [5.74, 6) is 0. The van der Waals surface area contributed by atoms with E-state index < -0.39 is 0 Å². The van der Waals surface area contributed by atoms with E-state index in [2.05, 4.69) is 29.8 Å². The minimum Gasteiger partial charge on any atom is -0.385 e. The van der Waals surface area contributed by atoms with Gasteiger partial charge in [-0.2, -0.15) is 0 Å². The van der Waals surface area contributed by atoms with E-state index in [0.29, 0.717) is 13.2 Å². The third-order valence-corrected chi connectivity index (χ3v) is 3.38. The Bertz CT molecular complexity index is 140. The molecule has 0 bridgehead atoms. The molecule has 0 saturated heterocycles. The molecule has 0 heterocycles. The largest absolute Gasteiger partial charge is 0.385 e. The molecule has 92 valence electrons. The van der Waals surface area contributed by atoms with Crippen LogP contribution < -0.4 is 0 Å². The average molecular weight is 283 g/mol. The average Bonchev–Trinajstić information content (AvgIpc) is 2.22. The minimum absolute atomic E-state index is 0.204. The first-order valence-electron chi connectivity index (χ1n) is 5.33. The molecule has 4 heteroatoms. The maximum atomic E-state index is 5.51. The first-order chi connectivity index (χ1) is 7.12. The molecule has 0 unspecified atom stereocenters. The van der Waals surface area contributed by atoms with Gasteiger partial charge in [0.2, 0.25) is 0 Å². The molecule has 0 rings (SSSR count). The molecule has 0 amide bonds. The Morgan fingerprint density at radius 3 is 2.27 bits per heavy atom. The fraction of sp³-hybridized carbons (Fsp3) is 1.00. The molecule has 15 heavy (non-hydrogen) atoms. The predicted octanol–water partition coefficient (Wildman–Crippen LogP) is 2.48. The van der Waals surface area contributed by atoms with E-state index in [1.165, 1.54) is 0 Å². The number of rotatable bonds is 10. The van der Waals surface area contributed by atoms with Crippen molar-refractivity contribution in [1.82, 2.24) is 0 Å². The van der Waals surface area contributed by atoms with Gasteiger partial charge in [0.1, 0.15) is 0 Å². The normalized spacial score (nSPS) is 12.0. The summed E-state index contributed by atoms with van der Waals surface area (Å²) in [4.78, 5) is 0. The highest BCUT2D eigenvalue weighted by Crippen LogP contribution is 2.17. The summed E-state index contributed by atoms with van der Waals surface area (Å²) in [6.07, 6.45) is 0.948. The van der Waals surface area contributed by atoms with Crippen LogP contribution in [-0.4, -0.2) is 45.5 Å². The van der Waals surface area contributed by atoms with E-state index in [-0.39, 0.29) is 5.41 Å². The van der Waals surface area contributed by atoms with Crippen LogP contribution >= 0.6 is 15.9 Å². The van der Waals surface area contributed by atoms with Gasteiger partial charge in [-0.05, 0) is 11.8 Å². The van der Waals surface area contributed by atoms with Gasteiger partial charge in [-0.25, -0.2) is 0 Å². The molecule has 0 spiro atoms. The summed E-state index contributed by atoms with van der Waals surface area (Å²) in [6, 6.07) is 0. The maximum absolute atomic E-state index is 5.51. The van der Waals surface area contributed by atoms with Gasteiger partial charge in [0, 0.05) is 25.7 Å². The van der Waals surface area contributed by atoms with Crippen LogP contribution in [0.1, 0.15) is 20.3 Å². The third kappa shape index (κ3) is 10.6. The van der Waals surface area contributed by atoms with Crippen LogP contribution in [0.2, 0.25) is 0 Å². The molecule has 0 saturated carbocycles. The molecular formula is C11H23BrO3. The molecule has 0 atom stereocenters. The zero-order valence-corrected chi connectivity index (χ0v) is 11.6. The Morgan fingerprint density at radius 1 is 1.00 bits per heavy atom. The lowest BCUT2D eigenvalue weighted by molar-refractivity contribution is 0.0164. The molecule has 0 N–H and O–H groups in total. The molecule has 0 radical (unpaired) electrons. The summed E-state index contributed by atoms with van der Waals surface area (Å²) >= 11 is 3.46. The van der Waals surface area contributed by atoms with Crippen molar-refractivity contribution < 1.29 is 14.2 Å². The van der Waals surface area contributed by atoms with Gasteiger partial charge in [-0.3, -0.25) is 0 Å². The van der Waals surface area contributed by atoms with E-state index in [1.807, 2.05) is 0 Å². The number of alkyl halides is 1. The van der Waals surface area contributed by atoms with Gasteiger partial charge < -0.3 is 14.2 Å². The Morgan fingerprint density at radius 2 is 1.67 bits per heavy atom. The summed E-state index contributed by atoms with van der Waals surface area (Å²) < 4.78 is 15.8. The van der Waals surface area contributed by atoms with Gasteiger partial charge >= 0.3 is 0 Å². The number of ether oxygens (including phenoxy) is 3. The Labute approximate surface area is 102 Å². The second-order valence-corrected chi connectivity index (χ2v) is 4.87. The van der Waals surface area contributed by atoms with Crippen LogP contribution in [-0.2, 0) is 14.2 Å². The SMILES string of the molecule is COCCCOCCOCC(C)(C)CBr. The molecule has 0 aliphatic carbocycles. The molecule has 0 aromatic carbocycles. The van der Waals surface area contributed by atoms with Crippen molar-refractivity contribution in [1.29, 1.82) is 0 Å². The summed E-state index contributed by atoms with van der Waals surface area (Å²) in [6.45, 7) is 7.95. The zero-order chi connectivity index (χ0) is 11.6. The van der Waals surface area contributed by atoms with Crippen molar-refractivity contribution in [2.75, 3.05) is 45.5 Å². The number of halogens is 1. The van der Waals surface area contributed by atoms with Crippen LogP contribution in [0.15, 0.2) is 0 Å². The lowest BCUT2D eigenvalue weighted by Crippen LogP contribution is -2.22. The summed E-state index contributed by atoms with van der Waals surface area (Å²) in [7, 11) is 1.70.